The van der Waals surface area contributed by atoms with E-state index in [2.05, 4.69) is 6.92 Å². The number of hydrogen-bond acceptors (Lipinski definition) is 4. The molecule has 0 N–H and O–H groups in total. The molecule has 4 nitrogen and oxygen atoms in total. The molecule has 4 heteroatoms. The van der Waals surface area contributed by atoms with Gasteiger partial charge in [-0.15, -0.1) is 0 Å². The Labute approximate surface area is 161 Å². The molecule has 27 heavy (non-hydrogen) atoms. The molecule has 0 aliphatic heterocycles. The average Bonchev–Trinajstić information content (AvgIpc) is 2.68. The summed E-state index contributed by atoms with van der Waals surface area (Å²) in [7, 11) is 0. The van der Waals surface area contributed by atoms with E-state index < -0.39 is 17.4 Å². The number of unbranched alkanes of at least 4 members (excludes halogenated alkanes) is 4. The van der Waals surface area contributed by atoms with Crippen molar-refractivity contribution in [1.82, 2.24) is 0 Å². The first kappa shape index (κ1) is 20.9. The molecule has 2 aromatic rings. The lowest BCUT2D eigenvalue weighted by Crippen LogP contribution is -2.36. The quantitative estimate of drug-likeness (QED) is 0.318. The van der Waals surface area contributed by atoms with Gasteiger partial charge in [-0.3, -0.25) is 9.59 Å². The van der Waals surface area contributed by atoms with Crippen molar-refractivity contribution in [3.8, 4) is 0 Å². The van der Waals surface area contributed by atoms with E-state index in [-0.39, 0.29) is 6.61 Å². The topological polar surface area (TPSA) is 52.6 Å². The molecule has 0 bridgehead atoms. The first-order valence-corrected chi connectivity index (χ1v) is 9.77. The number of ether oxygens (including phenoxy) is 2. The van der Waals surface area contributed by atoms with Crippen molar-refractivity contribution in [3.05, 3.63) is 48.0 Å². The second-order valence-electron chi connectivity index (χ2n) is 7.43. The van der Waals surface area contributed by atoms with Gasteiger partial charge in [-0.05, 0) is 42.7 Å². The van der Waals surface area contributed by atoms with Crippen LogP contribution in [0.4, 0.5) is 0 Å². The minimum absolute atomic E-state index is 0.136. The van der Waals surface area contributed by atoms with Gasteiger partial charge in [0.15, 0.2) is 5.41 Å². The maximum absolute atomic E-state index is 12.4. The van der Waals surface area contributed by atoms with Crippen molar-refractivity contribution in [2.45, 2.75) is 59.5 Å². The molecule has 0 aliphatic rings. The SMILES string of the molecule is CCCCCCCOC(=O)C(C)(C)C(=O)OCc1ccc2ccccc2c1. The van der Waals surface area contributed by atoms with Crippen LogP contribution in [0.15, 0.2) is 42.5 Å². The van der Waals surface area contributed by atoms with Crippen LogP contribution in [0.2, 0.25) is 0 Å². The minimum atomic E-state index is -1.31. The average molecular weight is 370 g/mol. The molecule has 0 spiro atoms. The summed E-state index contributed by atoms with van der Waals surface area (Å²) in [5, 5.41) is 2.23. The van der Waals surface area contributed by atoms with Gasteiger partial charge in [-0.25, -0.2) is 0 Å². The van der Waals surface area contributed by atoms with Gasteiger partial charge in [0.05, 0.1) is 6.61 Å². The lowest BCUT2D eigenvalue weighted by atomic mass is 9.94. The molecule has 0 atom stereocenters. The smallest absolute Gasteiger partial charge is 0.323 e. The lowest BCUT2D eigenvalue weighted by Gasteiger charge is -2.21. The molecule has 0 unspecified atom stereocenters. The van der Waals surface area contributed by atoms with Gasteiger partial charge in [-0.1, -0.05) is 69.0 Å². The Morgan fingerprint density at radius 3 is 2.26 bits per heavy atom. The molecular formula is C23H30O4. The van der Waals surface area contributed by atoms with Crippen LogP contribution < -0.4 is 0 Å². The molecule has 0 aromatic heterocycles. The number of hydrogen-bond donors (Lipinski definition) is 0. The molecule has 0 amide bonds. The fraction of sp³-hybridized carbons (Fsp3) is 0.478. The third-order valence-electron chi connectivity index (χ3n) is 4.69. The van der Waals surface area contributed by atoms with Crippen LogP contribution in [-0.2, 0) is 25.7 Å². The lowest BCUT2D eigenvalue weighted by molar-refractivity contribution is -0.170. The highest BCUT2D eigenvalue weighted by Crippen LogP contribution is 2.22. The summed E-state index contributed by atoms with van der Waals surface area (Å²) in [6.45, 7) is 5.75. The van der Waals surface area contributed by atoms with Crippen LogP contribution in [0, 0.1) is 5.41 Å². The maximum Gasteiger partial charge on any atom is 0.323 e. The van der Waals surface area contributed by atoms with E-state index in [0.717, 1.165) is 35.6 Å². The molecule has 146 valence electrons. The first-order valence-electron chi connectivity index (χ1n) is 9.77. The van der Waals surface area contributed by atoms with E-state index >= 15 is 0 Å². The van der Waals surface area contributed by atoms with E-state index in [1.54, 1.807) is 13.8 Å². The van der Waals surface area contributed by atoms with Crippen LogP contribution in [0.5, 0.6) is 0 Å². The van der Waals surface area contributed by atoms with Gasteiger partial charge in [0, 0.05) is 0 Å². The third kappa shape index (κ3) is 6.09. The summed E-state index contributed by atoms with van der Waals surface area (Å²) in [6, 6.07) is 13.9. The Hall–Kier alpha value is -2.36. The van der Waals surface area contributed by atoms with Crippen LogP contribution in [-0.4, -0.2) is 18.5 Å². The van der Waals surface area contributed by atoms with Gasteiger partial charge in [0.25, 0.3) is 0 Å². The van der Waals surface area contributed by atoms with Gasteiger partial charge in [0.2, 0.25) is 0 Å². The van der Waals surface area contributed by atoms with Crippen LogP contribution in [0.25, 0.3) is 10.8 Å². The predicted octanol–water partition coefficient (Wildman–Crippen LogP) is 5.42. The van der Waals surface area contributed by atoms with Gasteiger partial charge < -0.3 is 9.47 Å². The van der Waals surface area contributed by atoms with Crippen molar-refractivity contribution in [2.24, 2.45) is 5.41 Å². The fourth-order valence-electron chi connectivity index (χ4n) is 2.79. The van der Waals surface area contributed by atoms with E-state index in [1.807, 2.05) is 42.5 Å². The summed E-state index contributed by atoms with van der Waals surface area (Å²) in [5.41, 5.74) is -0.414. The Bertz CT molecular complexity index is 764. The van der Waals surface area contributed by atoms with E-state index in [0.29, 0.717) is 6.61 Å². The van der Waals surface area contributed by atoms with E-state index in [9.17, 15) is 9.59 Å². The standard InChI is InChI=1S/C23H30O4/c1-4-5-6-7-10-15-26-21(24)23(2,3)22(25)27-17-18-13-14-19-11-8-9-12-20(19)16-18/h8-9,11-14,16H,4-7,10,15,17H2,1-3H3. The monoisotopic (exact) mass is 370 g/mol. The summed E-state index contributed by atoms with van der Waals surface area (Å²) >= 11 is 0. The molecule has 2 rings (SSSR count). The van der Waals surface area contributed by atoms with Crippen LogP contribution in [0.3, 0.4) is 0 Å². The van der Waals surface area contributed by atoms with Gasteiger partial charge in [-0.2, -0.15) is 0 Å². The molecule has 0 heterocycles. The second-order valence-corrected chi connectivity index (χ2v) is 7.43. The zero-order valence-corrected chi connectivity index (χ0v) is 16.6. The highest BCUT2D eigenvalue weighted by Gasteiger charge is 2.39. The highest BCUT2D eigenvalue weighted by molar-refractivity contribution is 5.99. The van der Waals surface area contributed by atoms with Crippen LogP contribution >= 0.6 is 0 Å². The molecule has 0 saturated carbocycles. The number of rotatable bonds is 10. The Morgan fingerprint density at radius 2 is 1.52 bits per heavy atom. The normalized spacial score (nSPS) is 11.4. The number of carbonyl (C=O) groups is 2. The molecule has 0 aliphatic carbocycles. The summed E-state index contributed by atoms with van der Waals surface area (Å²) in [5.74, 6) is -1.09. The van der Waals surface area contributed by atoms with Crippen molar-refractivity contribution in [1.29, 1.82) is 0 Å². The molecular weight excluding hydrogens is 340 g/mol. The van der Waals surface area contributed by atoms with Crippen molar-refractivity contribution in [3.63, 3.8) is 0 Å². The third-order valence-corrected chi connectivity index (χ3v) is 4.69. The summed E-state index contributed by atoms with van der Waals surface area (Å²) < 4.78 is 10.7. The minimum Gasteiger partial charge on any atom is -0.465 e. The second kappa shape index (κ2) is 10.1. The molecule has 0 fully saturated rings. The molecule has 0 saturated heterocycles. The maximum atomic E-state index is 12.4. The Morgan fingerprint density at radius 1 is 0.852 bits per heavy atom. The zero-order chi connectivity index (χ0) is 19.7. The molecule has 2 aromatic carbocycles. The number of fused-ring (bicyclic) bond motifs is 1. The largest absolute Gasteiger partial charge is 0.465 e. The van der Waals surface area contributed by atoms with Crippen molar-refractivity contribution >= 4 is 22.7 Å². The van der Waals surface area contributed by atoms with Crippen molar-refractivity contribution < 1.29 is 19.1 Å². The Kier molecular flexibility index (Phi) is 7.83. The highest BCUT2D eigenvalue weighted by atomic mass is 16.6. The van der Waals surface area contributed by atoms with E-state index in [4.69, 9.17) is 9.47 Å². The zero-order valence-electron chi connectivity index (χ0n) is 16.6. The molecule has 0 radical (unpaired) electrons. The summed E-state index contributed by atoms with van der Waals surface area (Å²) in [6.07, 6.45) is 5.38. The van der Waals surface area contributed by atoms with E-state index in [1.165, 1.54) is 12.8 Å². The number of esters is 2. The number of carbonyl (C=O) groups excluding carboxylic acids is 2. The predicted molar refractivity (Wildman–Crippen MR) is 107 cm³/mol. The fourth-order valence-corrected chi connectivity index (χ4v) is 2.79. The van der Waals surface area contributed by atoms with Gasteiger partial charge in [0.1, 0.15) is 6.61 Å². The van der Waals surface area contributed by atoms with Crippen LogP contribution in [0.1, 0.15) is 58.4 Å². The van der Waals surface area contributed by atoms with Crippen molar-refractivity contribution in [2.75, 3.05) is 6.61 Å². The summed E-state index contributed by atoms with van der Waals surface area (Å²) in [4.78, 5) is 24.7. The van der Waals surface area contributed by atoms with Gasteiger partial charge >= 0.3 is 11.9 Å². The Balaban J connectivity index is 1.82. The number of benzene rings is 2. The first-order chi connectivity index (χ1) is 12.9.